The maximum absolute atomic E-state index is 8.66. The molecule has 0 radical (unpaired) electrons. The lowest BCUT2D eigenvalue weighted by Gasteiger charge is -2.05. The van der Waals surface area contributed by atoms with Crippen LogP contribution in [0.1, 0.15) is 12.5 Å². The van der Waals surface area contributed by atoms with Crippen LogP contribution in [-0.4, -0.2) is 5.75 Å². The molecule has 0 spiro atoms. The average molecular weight is 194 g/mol. The number of hydrogen-bond donors (Lipinski definition) is 1. The third-order valence-electron chi connectivity index (χ3n) is 1.50. The summed E-state index contributed by atoms with van der Waals surface area (Å²) in [5.41, 5.74) is 0.622. The molecule has 0 aliphatic rings. The van der Waals surface area contributed by atoms with Crippen LogP contribution >= 0.6 is 11.8 Å². The molecule has 4 heteroatoms. The van der Waals surface area contributed by atoms with Gasteiger partial charge >= 0.3 is 0 Å². The summed E-state index contributed by atoms with van der Waals surface area (Å²) in [5.74, 6) is 6.61. The minimum atomic E-state index is 0.617. The van der Waals surface area contributed by atoms with Crippen molar-refractivity contribution in [3.63, 3.8) is 0 Å². The zero-order chi connectivity index (χ0) is 9.68. The fourth-order valence-corrected chi connectivity index (χ4v) is 1.72. The van der Waals surface area contributed by atoms with Crippen molar-refractivity contribution in [2.75, 3.05) is 5.75 Å². The van der Waals surface area contributed by atoms with Gasteiger partial charge in [0.2, 0.25) is 0 Å². The Morgan fingerprint density at radius 3 is 2.92 bits per heavy atom. The SMILES string of the molecule is CCSc1cc(C#N)ccc1ON. The summed E-state index contributed by atoms with van der Waals surface area (Å²) in [7, 11) is 0. The third kappa shape index (κ3) is 2.38. The Bertz CT molecular complexity index is 333. The van der Waals surface area contributed by atoms with E-state index in [0.717, 1.165) is 10.6 Å². The molecule has 0 bridgehead atoms. The molecular weight excluding hydrogens is 184 g/mol. The van der Waals surface area contributed by atoms with Gasteiger partial charge in [-0.25, -0.2) is 0 Å². The first-order chi connectivity index (χ1) is 6.31. The van der Waals surface area contributed by atoms with E-state index in [1.807, 2.05) is 6.92 Å². The molecule has 13 heavy (non-hydrogen) atoms. The van der Waals surface area contributed by atoms with Crippen LogP contribution < -0.4 is 10.7 Å². The lowest BCUT2D eigenvalue weighted by Crippen LogP contribution is -2.03. The van der Waals surface area contributed by atoms with E-state index in [1.54, 1.807) is 30.0 Å². The maximum Gasteiger partial charge on any atom is 0.160 e. The number of thioether (sulfide) groups is 1. The van der Waals surface area contributed by atoms with Crippen molar-refractivity contribution >= 4 is 11.8 Å². The monoisotopic (exact) mass is 194 g/mol. The van der Waals surface area contributed by atoms with Crippen molar-refractivity contribution in [2.24, 2.45) is 5.90 Å². The molecule has 0 aliphatic heterocycles. The highest BCUT2D eigenvalue weighted by molar-refractivity contribution is 7.99. The number of benzene rings is 1. The third-order valence-corrected chi connectivity index (χ3v) is 2.42. The van der Waals surface area contributed by atoms with E-state index in [-0.39, 0.29) is 0 Å². The molecule has 0 fully saturated rings. The van der Waals surface area contributed by atoms with E-state index >= 15 is 0 Å². The van der Waals surface area contributed by atoms with Crippen LogP contribution in [0.3, 0.4) is 0 Å². The van der Waals surface area contributed by atoms with Gasteiger partial charge in [0.1, 0.15) is 0 Å². The molecule has 68 valence electrons. The fraction of sp³-hybridized carbons (Fsp3) is 0.222. The molecule has 1 aromatic carbocycles. The molecule has 1 aromatic rings. The molecule has 0 unspecified atom stereocenters. The Labute approximate surface area is 81.4 Å². The van der Waals surface area contributed by atoms with E-state index in [9.17, 15) is 0 Å². The first kappa shape index (κ1) is 9.90. The van der Waals surface area contributed by atoms with Gasteiger partial charge < -0.3 is 4.84 Å². The second-order valence-electron chi connectivity index (χ2n) is 2.32. The average Bonchev–Trinajstić information content (AvgIpc) is 2.18. The van der Waals surface area contributed by atoms with Crippen LogP contribution in [-0.2, 0) is 0 Å². The summed E-state index contributed by atoms with van der Waals surface area (Å²) in [5, 5.41) is 8.66. The van der Waals surface area contributed by atoms with Gasteiger partial charge in [-0.05, 0) is 24.0 Å². The van der Waals surface area contributed by atoms with Crippen LogP contribution in [0.25, 0.3) is 0 Å². The second kappa shape index (κ2) is 4.75. The standard InChI is InChI=1S/C9H10N2OS/c1-2-13-9-5-7(6-10)3-4-8(9)12-11/h3-5H,2,11H2,1H3. The minimum absolute atomic E-state index is 0.617. The number of nitrogens with two attached hydrogens (primary N) is 1. The lowest BCUT2D eigenvalue weighted by molar-refractivity contribution is 0.326. The van der Waals surface area contributed by atoms with Gasteiger partial charge in [0.15, 0.2) is 5.75 Å². The van der Waals surface area contributed by atoms with E-state index in [1.165, 1.54) is 0 Å². The predicted molar refractivity (Wildman–Crippen MR) is 52.4 cm³/mol. The van der Waals surface area contributed by atoms with E-state index in [4.69, 9.17) is 11.2 Å². The van der Waals surface area contributed by atoms with Crippen LogP contribution in [0.15, 0.2) is 23.1 Å². The molecule has 0 aliphatic carbocycles. The Balaban J connectivity index is 3.04. The van der Waals surface area contributed by atoms with Gasteiger partial charge in [-0.1, -0.05) is 6.92 Å². The molecule has 0 aromatic heterocycles. The van der Waals surface area contributed by atoms with Gasteiger partial charge in [0.05, 0.1) is 16.5 Å². The van der Waals surface area contributed by atoms with Gasteiger partial charge in [0.25, 0.3) is 0 Å². The molecule has 2 N–H and O–H groups in total. The molecule has 1 rings (SSSR count). The highest BCUT2D eigenvalue weighted by Gasteiger charge is 2.03. The Hall–Kier alpha value is -1.18. The fourth-order valence-electron chi connectivity index (χ4n) is 0.943. The normalized spacial score (nSPS) is 9.31. The first-order valence-corrected chi connectivity index (χ1v) is 4.84. The van der Waals surface area contributed by atoms with Crippen molar-refractivity contribution in [2.45, 2.75) is 11.8 Å². The Morgan fingerprint density at radius 2 is 2.38 bits per heavy atom. The van der Waals surface area contributed by atoms with Crippen LogP contribution in [0.5, 0.6) is 5.75 Å². The van der Waals surface area contributed by atoms with Crippen molar-refractivity contribution in [1.29, 1.82) is 5.26 Å². The number of nitriles is 1. The molecule has 0 atom stereocenters. The number of rotatable bonds is 3. The highest BCUT2D eigenvalue weighted by Crippen LogP contribution is 2.29. The van der Waals surface area contributed by atoms with E-state index in [2.05, 4.69) is 10.9 Å². The zero-order valence-electron chi connectivity index (χ0n) is 7.28. The molecule has 0 saturated heterocycles. The van der Waals surface area contributed by atoms with Crippen LogP contribution in [0.4, 0.5) is 0 Å². The van der Waals surface area contributed by atoms with Crippen LogP contribution in [0, 0.1) is 11.3 Å². The van der Waals surface area contributed by atoms with Crippen molar-refractivity contribution < 1.29 is 4.84 Å². The molecular formula is C9H10N2OS. The summed E-state index contributed by atoms with van der Waals surface area (Å²) in [6.45, 7) is 2.03. The Kier molecular flexibility index (Phi) is 3.62. The topological polar surface area (TPSA) is 59.0 Å². The second-order valence-corrected chi connectivity index (χ2v) is 3.63. The van der Waals surface area contributed by atoms with Crippen molar-refractivity contribution in [1.82, 2.24) is 0 Å². The van der Waals surface area contributed by atoms with Crippen LogP contribution in [0.2, 0.25) is 0 Å². The largest absolute Gasteiger partial charge is 0.410 e. The predicted octanol–water partition coefficient (Wildman–Crippen LogP) is 1.92. The smallest absolute Gasteiger partial charge is 0.160 e. The Morgan fingerprint density at radius 1 is 1.62 bits per heavy atom. The summed E-state index contributed by atoms with van der Waals surface area (Å²) in [4.78, 5) is 5.57. The van der Waals surface area contributed by atoms with Gasteiger partial charge in [-0.3, -0.25) is 0 Å². The first-order valence-electron chi connectivity index (χ1n) is 3.85. The number of nitrogens with zero attached hydrogens (tertiary/aromatic N) is 1. The molecule has 0 heterocycles. The van der Waals surface area contributed by atoms with Crippen molar-refractivity contribution in [3.8, 4) is 11.8 Å². The minimum Gasteiger partial charge on any atom is -0.410 e. The molecule has 3 nitrogen and oxygen atoms in total. The van der Waals surface area contributed by atoms with E-state index < -0.39 is 0 Å². The lowest BCUT2D eigenvalue weighted by atomic mass is 10.2. The van der Waals surface area contributed by atoms with Gasteiger partial charge in [-0.2, -0.15) is 11.2 Å². The van der Waals surface area contributed by atoms with E-state index in [0.29, 0.717) is 11.3 Å². The van der Waals surface area contributed by atoms with Crippen molar-refractivity contribution in [3.05, 3.63) is 23.8 Å². The number of hydrogen-bond acceptors (Lipinski definition) is 4. The van der Waals surface area contributed by atoms with Gasteiger partial charge in [-0.15, -0.1) is 11.8 Å². The summed E-state index contributed by atoms with van der Waals surface area (Å²) in [6, 6.07) is 7.23. The highest BCUT2D eigenvalue weighted by atomic mass is 32.2. The molecule has 0 saturated carbocycles. The maximum atomic E-state index is 8.66. The molecule has 0 amide bonds. The summed E-state index contributed by atoms with van der Waals surface area (Å²) in [6.07, 6.45) is 0. The zero-order valence-corrected chi connectivity index (χ0v) is 8.10. The summed E-state index contributed by atoms with van der Waals surface area (Å²) >= 11 is 1.60. The quantitative estimate of drug-likeness (QED) is 0.590. The van der Waals surface area contributed by atoms with Gasteiger partial charge in [0, 0.05) is 0 Å². The summed E-state index contributed by atoms with van der Waals surface area (Å²) < 4.78 is 0.